The van der Waals surface area contributed by atoms with Crippen LogP contribution in [0.15, 0.2) is 46.6 Å². The van der Waals surface area contributed by atoms with E-state index >= 15 is 0 Å². The molecule has 0 aliphatic heterocycles. The number of aliphatic hydroxyl groups excluding tert-OH is 1. The molecule has 0 saturated heterocycles. The van der Waals surface area contributed by atoms with E-state index in [1.807, 2.05) is 6.92 Å². The van der Waals surface area contributed by atoms with Gasteiger partial charge in [0.15, 0.2) is 0 Å². The molecule has 0 heterocycles. The Bertz CT molecular complexity index is 443. The Morgan fingerprint density at radius 2 is 1.04 bits per heavy atom. The standard InChI is InChI=1S/C23H40O/c1-19(2)11-7-12-20(3)13-8-14-21(4)15-9-16-22(5)17-10-18-23(6)24/h11,13,15,17,23-24H,7-10,12,14,16,18H2,1-6H3/b20-13+,21-15+,22-17?. The molecule has 0 rings (SSSR count). The van der Waals surface area contributed by atoms with Crippen LogP contribution in [0.5, 0.6) is 0 Å². The van der Waals surface area contributed by atoms with E-state index in [-0.39, 0.29) is 6.10 Å². The van der Waals surface area contributed by atoms with Crippen LogP contribution in [0.4, 0.5) is 0 Å². The molecular formula is C23H40O. The van der Waals surface area contributed by atoms with Crippen LogP contribution in [0.25, 0.3) is 0 Å². The summed E-state index contributed by atoms with van der Waals surface area (Å²) in [5, 5.41) is 9.26. The first-order valence-corrected chi connectivity index (χ1v) is 9.59. The Labute approximate surface area is 151 Å². The molecule has 0 aliphatic rings. The Balaban J connectivity index is 3.96. The van der Waals surface area contributed by atoms with Gasteiger partial charge in [-0.05, 0) is 92.9 Å². The van der Waals surface area contributed by atoms with Gasteiger partial charge in [-0.15, -0.1) is 0 Å². The number of aliphatic hydroxyl groups is 1. The van der Waals surface area contributed by atoms with Crippen molar-refractivity contribution in [3.8, 4) is 0 Å². The Morgan fingerprint density at radius 3 is 1.42 bits per heavy atom. The van der Waals surface area contributed by atoms with E-state index in [9.17, 15) is 5.11 Å². The lowest BCUT2D eigenvalue weighted by Crippen LogP contribution is -1.97. The summed E-state index contributed by atoms with van der Waals surface area (Å²) in [7, 11) is 0. The van der Waals surface area contributed by atoms with Gasteiger partial charge >= 0.3 is 0 Å². The van der Waals surface area contributed by atoms with E-state index in [1.165, 1.54) is 41.6 Å². The van der Waals surface area contributed by atoms with Crippen molar-refractivity contribution in [2.75, 3.05) is 0 Å². The highest BCUT2D eigenvalue weighted by Crippen LogP contribution is 2.14. The molecule has 0 bridgehead atoms. The summed E-state index contributed by atoms with van der Waals surface area (Å²) in [6, 6.07) is 0. The molecule has 0 fully saturated rings. The minimum absolute atomic E-state index is 0.185. The smallest absolute Gasteiger partial charge is 0.0515 e. The van der Waals surface area contributed by atoms with Gasteiger partial charge in [0.1, 0.15) is 0 Å². The molecule has 0 aromatic carbocycles. The van der Waals surface area contributed by atoms with Crippen molar-refractivity contribution in [3.63, 3.8) is 0 Å². The van der Waals surface area contributed by atoms with Crippen molar-refractivity contribution >= 4 is 0 Å². The average molecular weight is 333 g/mol. The second-order valence-electron chi connectivity index (χ2n) is 7.48. The topological polar surface area (TPSA) is 20.2 Å². The predicted molar refractivity (Wildman–Crippen MR) is 109 cm³/mol. The zero-order valence-electron chi connectivity index (χ0n) is 17.0. The van der Waals surface area contributed by atoms with Gasteiger partial charge in [-0.1, -0.05) is 46.6 Å². The maximum atomic E-state index is 9.26. The first-order valence-electron chi connectivity index (χ1n) is 9.59. The van der Waals surface area contributed by atoms with Gasteiger partial charge < -0.3 is 5.11 Å². The molecule has 1 unspecified atom stereocenters. The molecule has 0 aromatic rings. The highest BCUT2D eigenvalue weighted by Gasteiger charge is 1.95. The lowest BCUT2D eigenvalue weighted by molar-refractivity contribution is 0.186. The van der Waals surface area contributed by atoms with Crippen LogP contribution in [-0.2, 0) is 0 Å². The molecule has 0 aliphatic carbocycles. The third kappa shape index (κ3) is 15.8. The largest absolute Gasteiger partial charge is 0.393 e. The Kier molecular flexibility index (Phi) is 13.6. The van der Waals surface area contributed by atoms with Crippen LogP contribution in [0.3, 0.4) is 0 Å². The maximum Gasteiger partial charge on any atom is 0.0515 e. The van der Waals surface area contributed by atoms with Crippen molar-refractivity contribution in [1.82, 2.24) is 0 Å². The molecule has 0 aromatic heterocycles. The Hall–Kier alpha value is -1.08. The Morgan fingerprint density at radius 1 is 0.667 bits per heavy atom. The number of hydrogen-bond donors (Lipinski definition) is 1. The fourth-order valence-electron chi connectivity index (χ4n) is 2.56. The summed E-state index contributed by atoms with van der Waals surface area (Å²) in [4.78, 5) is 0. The summed E-state index contributed by atoms with van der Waals surface area (Å²) in [6.07, 6.45) is 18.0. The fraction of sp³-hybridized carbons (Fsp3) is 0.652. The molecule has 0 saturated carbocycles. The van der Waals surface area contributed by atoms with Crippen molar-refractivity contribution in [2.24, 2.45) is 0 Å². The molecule has 1 N–H and O–H groups in total. The molecule has 1 heteroatoms. The zero-order chi connectivity index (χ0) is 18.4. The molecule has 1 atom stereocenters. The monoisotopic (exact) mass is 332 g/mol. The van der Waals surface area contributed by atoms with Crippen LogP contribution in [-0.4, -0.2) is 11.2 Å². The third-order valence-corrected chi connectivity index (χ3v) is 4.23. The molecule has 138 valence electrons. The molecular weight excluding hydrogens is 292 g/mol. The van der Waals surface area contributed by atoms with Crippen LogP contribution < -0.4 is 0 Å². The van der Waals surface area contributed by atoms with E-state index in [0.717, 1.165) is 32.1 Å². The molecule has 1 nitrogen and oxygen atoms in total. The second kappa shape index (κ2) is 14.3. The van der Waals surface area contributed by atoms with Crippen molar-refractivity contribution in [2.45, 2.75) is 99.0 Å². The van der Waals surface area contributed by atoms with Crippen molar-refractivity contribution in [3.05, 3.63) is 46.6 Å². The van der Waals surface area contributed by atoms with Crippen molar-refractivity contribution in [1.29, 1.82) is 0 Å². The molecule has 0 amide bonds. The van der Waals surface area contributed by atoms with Gasteiger partial charge in [-0.3, -0.25) is 0 Å². The lowest BCUT2D eigenvalue weighted by Gasteiger charge is -2.03. The summed E-state index contributed by atoms with van der Waals surface area (Å²) in [5.41, 5.74) is 5.86. The second-order valence-corrected chi connectivity index (χ2v) is 7.48. The van der Waals surface area contributed by atoms with Gasteiger partial charge in [0.05, 0.1) is 6.10 Å². The molecule has 0 radical (unpaired) electrons. The minimum Gasteiger partial charge on any atom is -0.393 e. The van der Waals surface area contributed by atoms with Crippen LogP contribution >= 0.6 is 0 Å². The minimum atomic E-state index is -0.185. The zero-order valence-corrected chi connectivity index (χ0v) is 17.0. The summed E-state index contributed by atoms with van der Waals surface area (Å²) < 4.78 is 0. The van der Waals surface area contributed by atoms with E-state index in [0.29, 0.717) is 0 Å². The molecule has 0 spiro atoms. The fourth-order valence-corrected chi connectivity index (χ4v) is 2.56. The van der Waals surface area contributed by atoms with Crippen LogP contribution in [0.1, 0.15) is 92.9 Å². The van der Waals surface area contributed by atoms with Gasteiger partial charge in [-0.25, -0.2) is 0 Å². The molecule has 24 heavy (non-hydrogen) atoms. The maximum absolute atomic E-state index is 9.26. The van der Waals surface area contributed by atoms with E-state index in [4.69, 9.17) is 0 Å². The quantitative estimate of drug-likeness (QED) is 0.372. The lowest BCUT2D eigenvalue weighted by atomic mass is 10.0. The van der Waals surface area contributed by atoms with Crippen LogP contribution in [0, 0.1) is 0 Å². The third-order valence-electron chi connectivity index (χ3n) is 4.23. The number of allylic oxidation sites excluding steroid dienone is 8. The summed E-state index contributed by atoms with van der Waals surface area (Å²) >= 11 is 0. The highest BCUT2D eigenvalue weighted by molar-refractivity contribution is 5.07. The van der Waals surface area contributed by atoms with Crippen molar-refractivity contribution < 1.29 is 5.11 Å². The number of rotatable bonds is 12. The first-order chi connectivity index (χ1) is 11.3. The first kappa shape index (κ1) is 22.9. The summed E-state index contributed by atoms with van der Waals surface area (Å²) in [5.74, 6) is 0. The SMILES string of the molecule is CC(C)=CCC/C(C)=C/CC/C(C)=C/CCC(C)=CCCC(C)O. The van der Waals surface area contributed by atoms with Gasteiger partial charge in [-0.2, -0.15) is 0 Å². The van der Waals surface area contributed by atoms with Gasteiger partial charge in [0, 0.05) is 0 Å². The summed E-state index contributed by atoms with van der Waals surface area (Å²) in [6.45, 7) is 12.9. The normalized spacial score (nSPS) is 14.7. The van der Waals surface area contributed by atoms with E-state index in [1.54, 1.807) is 0 Å². The van der Waals surface area contributed by atoms with E-state index < -0.39 is 0 Å². The number of hydrogen-bond acceptors (Lipinski definition) is 1. The van der Waals surface area contributed by atoms with E-state index in [2.05, 4.69) is 58.9 Å². The van der Waals surface area contributed by atoms with Gasteiger partial charge in [0.25, 0.3) is 0 Å². The van der Waals surface area contributed by atoms with Gasteiger partial charge in [0.2, 0.25) is 0 Å². The van der Waals surface area contributed by atoms with Crippen LogP contribution in [0.2, 0.25) is 0 Å². The highest BCUT2D eigenvalue weighted by atomic mass is 16.3. The predicted octanol–water partition coefficient (Wildman–Crippen LogP) is 7.29. The average Bonchev–Trinajstić information content (AvgIpc) is 2.46.